The Morgan fingerprint density at radius 2 is 1.71 bits per heavy atom. The number of nitrogens with one attached hydrogen (secondary N) is 1. The lowest BCUT2D eigenvalue weighted by Gasteiger charge is -2.34. The van der Waals surface area contributed by atoms with Crippen LogP contribution in [0.4, 0.5) is 5.69 Å². The van der Waals surface area contributed by atoms with Crippen LogP contribution in [0.3, 0.4) is 0 Å². The van der Waals surface area contributed by atoms with Crippen LogP contribution in [0.1, 0.15) is 36.8 Å². The molecule has 0 radical (unpaired) electrons. The standard InChI is InChI=1S/C25H34N6O3S/c1-6-31-24(20(4)28-35(32,33)23-15-18(2)14-19(3)16-23)26-27-25(31)34-22-9-7-8-21(17-22)30-12-10-29(5)11-13-30/h7-9,14-17,20,28H,6,10-13H2,1-5H3/t20-/m1/s1. The molecule has 1 fully saturated rings. The molecule has 4 rings (SSSR count). The summed E-state index contributed by atoms with van der Waals surface area (Å²) in [4.78, 5) is 4.89. The van der Waals surface area contributed by atoms with Gasteiger partial charge in [0, 0.05) is 44.5 Å². The molecular weight excluding hydrogens is 464 g/mol. The van der Waals surface area contributed by atoms with Crippen molar-refractivity contribution in [1.82, 2.24) is 24.4 Å². The van der Waals surface area contributed by atoms with Crippen molar-refractivity contribution in [3.63, 3.8) is 0 Å². The van der Waals surface area contributed by atoms with Crippen LogP contribution in [-0.4, -0.2) is 61.3 Å². The molecule has 188 valence electrons. The Morgan fingerprint density at radius 1 is 1.03 bits per heavy atom. The summed E-state index contributed by atoms with van der Waals surface area (Å²) < 4.78 is 36.7. The first-order chi connectivity index (χ1) is 16.7. The van der Waals surface area contributed by atoms with Crippen LogP contribution in [0.5, 0.6) is 11.8 Å². The molecule has 0 aliphatic carbocycles. The Morgan fingerprint density at radius 3 is 2.37 bits per heavy atom. The largest absolute Gasteiger partial charge is 0.424 e. The number of anilines is 1. The van der Waals surface area contributed by atoms with E-state index in [1.807, 2.05) is 45.0 Å². The third-order valence-corrected chi connectivity index (χ3v) is 7.70. The average molecular weight is 499 g/mol. The molecule has 0 amide bonds. The monoisotopic (exact) mass is 498 g/mol. The zero-order chi connectivity index (χ0) is 25.2. The predicted octanol–water partition coefficient (Wildman–Crippen LogP) is 3.50. The summed E-state index contributed by atoms with van der Waals surface area (Å²) in [5, 5.41) is 8.48. The Hall–Kier alpha value is -2.95. The van der Waals surface area contributed by atoms with Crippen molar-refractivity contribution >= 4 is 15.7 Å². The molecule has 3 aromatic rings. The van der Waals surface area contributed by atoms with Gasteiger partial charge in [-0.2, -0.15) is 0 Å². The molecule has 0 unspecified atom stereocenters. The summed E-state index contributed by atoms with van der Waals surface area (Å²) in [6.45, 7) is 12.0. The van der Waals surface area contributed by atoms with E-state index in [0.717, 1.165) is 43.0 Å². The minimum Gasteiger partial charge on any atom is -0.424 e. The maximum Gasteiger partial charge on any atom is 0.322 e. The maximum absolute atomic E-state index is 13.0. The predicted molar refractivity (Wildman–Crippen MR) is 137 cm³/mol. The van der Waals surface area contributed by atoms with Gasteiger partial charge in [0.25, 0.3) is 0 Å². The zero-order valence-corrected chi connectivity index (χ0v) is 21.8. The van der Waals surface area contributed by atoms with Gasteiger partial charge in [-0.1, -0.05) is 17.2 Å². The number of rotatable bonds is 8. The van der Waals surface area contributed by atoms with Gasteiger partial charge >= 0.3 is 6.01 Å². The van der Waals surface area contributed by atoms with Gasteiger partial charge in [-0.3, -0.25) is 4.57 Å². The average Bonchev–Trinajstić information content (AvgIpc) is 3.21. The first-order valence-electron chi connectivity index (χ1n) is 11.9. The number of benzene rings is 2. The van der Waals surface area contributed by atoms with E-state index in [-0.39, 0.29) is 4.90 Å². The normalized spacial score (nSPS) is 15.9. The van der Waals surface area contributed by atoms with Crippen molar-refractivity contribution in [2.24, 2.45) is 0 Å². The number of piperazine rings is 1. The number of aryl methyl sites for hydroxylation is 2. The fourth-order valence-electron chi connectivity index (χ4n) is 4.35. The summed E-state index contributed by atoms with van der Waals surface area (Å²) in [5.74, 6) is 1.16. The Bertz CT molecular complexity index is 1260. The molecule has 1 N–H and O–H groups in total. The summed E-state index contributed by atoms with van der Waals surface area (Å²) in [6, 6.07) is 12.9. The van der Waals surface area contributed by atoms with E-state index < -0.39 is 16.1 Å². The molecule has 1 saturated heterocycles. The highest BCUT2D eigenvalue weighted by Gasteiger charge is 2.24. The molecule has 2 aromatic carbocycles. The summed E-state index contributed by atoms with van der Waals surface area (Å²) in [5.41, 5.74) is 2.89. The first-order valence-corrected chi connectivity index (χ1v) is 13.4. The number of hydrogen-bond acceptors (Lipinski definition) is 7. The first kappa shape index (κ1) is 25.2. The lowest BCUT2D eigenvalue weighted by molar-refractivity contribution is 0.312. The van der Waals surface area contributed by atoms with Gasteiger partial charge in [0.1, 0.15) is 5.75 Å². The molecule has 0 spiro atoms. The number of aromatic nitrogens is 3. The minimum absolute atomic E-state index is 0.238. The minimum atomic E-state index is -3.73. The van der Waals surface area contributed by atoms with Gasteiger partial charge in [0.05, 0.1) is 10.9 Å². The maximum atomic E-state index is 13.0. The van der Waals surface area contributed by atoms with E-state index in [1.54, 1.807) is 23.6 Å². The zero-order valence-electron chi connectivity index (χ0n) is 21.0. The van der Waals surface area contributed by atoms with Crippen LogP contribution in [-0.2, 0) is 16.6 Å². The molecular formula is C25H34N6O3S. The van der Waals surface area contributed by atoms with Crippen molar-refractivity contribution in [3.8, 4) is 11.8 Å². The van der Waals surface area contributed by atoms with Crippen LogP contribution in [0.25, 0.3) is 0 Å². The van der Waals surface area contributed by atoms with Crippen molar-refractivity contribution in [2.75, 3.05) is 38.1 Å². The van der Waals surface area contributed by atoms with Crippen LogP contribution in [0.2, 0.25) is 0 Å². The molecule has 35 heavy (non-hydrogen) atoms. The van der Waals surface area contributed by atoms with E-state index in [4.69, 9.17) is 4.74 Å². The lowest BCUT2D eigenvalue weighted by atomic mass is 10.2. The highest BCUT2D eigenvalue weighted by Crippen LogP contribution is 2.28. The topological polar surface area (TPSA) is 92.6 Å². The SMILES string of the molecule is CCn1c(Oc2cccc(N3CCN(C)CC3)c2)nnc1[C@@H](C)NS(=O)(=O)c1cc(C)cc(C)c1. The molecule has 1 aromatic heterocycles. The number of ether oxygens (including phenoxy) is 1. The summed E-state index contributed by atoms with van der Waals surface area (Å²) in [7, 11) is -1.60. The number of nitrogens with zero attached hydrogens (tertiary/aromatic N) is 5. The molecule has 9 nitrogen and oxygen atoms in total. The molecule has 2 heterocycles. The van der Waals surface area contributed by atoms with Gasteiger partial charge in [-0.15, -0.1) is 5.10 Å². The molecule has 0 saturated carbocycles. The summed E-state index contributed by atoms with van der Waals surface area (Å²) >= 11 is 0. The van der Waals surface area contributed by atoms with Gasteiger partial charge in [-0.25, -0.2) is 13.1 Å². The van der Waals surface area contributed by atoms with Gasteiger partial charge in [0.15, 0.2) is 5.82 Å². The highest BCUT2D eigenvalue weighted by molar-refractivity contribution is 7.89. The Balaban J connectivity index is 1.52. The van der Waals surface area contributed by atoms with Crippen molar-refractivity contribution in [1.29, 1.82) is 0 Å². The molecule has 1 aliphatic rings. The quantitative estimate of drug-likeness (QED) is 0.508. The van der Waals surface area contributed by atoms with Crippen LogP contribution in [0.15, 0.2) is 47.4 Å². The van der Waals surface area contributed by atoms with Crippen LogP contribution < -0.4 is 14.4 Å². The van der Waals surface area contributed by atoms with E-state index in [2.05, 4.69) is 37.8 Å². The van der Waals surface area contributed by atoms with Gasteiger partial charge < -0.3 is 14.5 Å². The van der Waals surface area contributed by atoms with Gasteiger partial charge in [-0.05, 0) is 70.1 Å². The van der Waals surface area contributed by atoms with E-state index in [0.29, 0.717) is 24.1 Å². The van der Waals surface area contributed by atoms with E-state index in [9.17, 15) is 8.42 Å². The number of sulfonamides is 1. The van der Waals surface area contributed by atoms with Crippen molar-refractivity contribution < 1.29 is 13.2 Å². The fraction of sp³-hybridized carbons (Fsp3) is 0.440. The second kappa shape index (κ2) is 10.3. The summed E-state index contributed by atoms with van der Waals surface area (Å²) in [6.07, 6.45) is 0. The molecule has 1 aliphatic heterocycles. The van der Waals surface area contributed by atoms with Crippen molar-refractivity contribution in [3.05, 3.63) is 59.4 Å². The van der Waals surface area contributed by atoms with Crippen LogP contribution >= 0.6 is 0 Å². The molecule has 10 heteroatoms. The second-order valence-corrected chi connectivity index (χ2v) is 10.9. The fourth-order valence-corrected chi connectivity index (χ4v) is 5.74. The smallest absolute Gasteiger partial charge is 0.322 e. The Labute approximate surface area is 207 Å². The molecule has 1 atom stereocenters. The third-order valence-electron chi connectivity index (χ3n) is 6.18. The Kier molecular flexibility index (Phi) is 7.44. The highest BCUT2D eigenvalue weighted by atomic mass is 32.2. The number of hydrogen-bond donors (Lipinski definition) is 1. The number of likely N-dealkylation sites (N-methyl/N-ethyl adjacent to an activating group) is 1. The van der Waals surface area contributed by atoms with E-state index >= 15 is 0 Å². The molecule has 0 bridgehead atoms. The lowest BCUT2D eigenvalue weighted by Crippen LogP contribution is -2.44. The third kappa shape index (κ3) is 5.83. The van der Waals surface area contributed by atoms with Crippen LogP contribution in [0, 0.1) is 13.8 Å². The van der Waals surface area contributed by atoms with Gasteiger partial charge in [0.2, 0.25) is 10.0 Å². The second-order valence-electron chi connectivity index (χ2n) is 9.14. The van der Waals surface area contributed by atoms with Crippen molar-refractivity contribution in [2.45, 2.75) is 45.2 Å². The van der Waals surface area contributed by atoms with E-state index in [1.165, 1.54) is 0 Å².